The molecular formula is C17H13N3O2S. The molecule has 6 heteroatoms. The highest BCUT2D eigenvalue weighted by Crippen LogP contribution is 2.44. The van der Waals surface area contributed by atoms with Gasteiger partial charge in [-0.2, -0.15) is 0 Å². The molecule has 23 heavy (non-hydrogen) atoms. The molecule has 0 atom stereocenters. The zero-order valence-electron chi connectivity index (χ0n) is 12.2. The summed E-state index contributed by atoms with van der Waals surface area (Å²) in [5.74, 6) is 0.621. The van der Waals surface area contributed by atoms with Gasteiger partial charge in [-0.1, -0.05) is 12.1 Å². The monoisotopic (exact) mass is 323 g/mol. The van der Waals surface area contributed by atoms with Gasteiger partial charge in [-0.15, -0.1) is 11.3 Å². The molecule has 0 saturated heterocycles. The first-order valence-corrected chi connectivity index (χ1v) is 8.25. The zero-order chi connectivity index (χ0) is 15.8. The van der Waals surface area contributed by atoms with E-state index in [0.717, 1.165) is 21.8 Å². The molecule has 1 aliphatic carbocycles. The Morgan fingerprint density at radius 2 is 2.13 bits per heavy atom. The third-order valence-corrected chi connectivity index (χ3v) is 4.85. The molecule has 1 fully saturated rings. The maximum Gasteiger partial charge on any atom is 0.270 e. The van der Waals surface area contributed by atoms with E-state index in [9.17, 15) is 10.1 Å². The molecule has 3 aromatic rings. The van der Waals surface area contributed by atoms with E-state index < -0.39 is 0 Å². The molecule has 5 nitrogen and oxygen atoms in total. The number of nitro groups is 1. The van der Waals surface area contributed by atoms with Crippen molar-refractivity contribution in [2.24, 2.45) is 0 Å². The van der Waals surface area contributed by atoms with Crippen LogP contribution in [0, 0.1) is 10.1 Å². The second-order valence-corrected chi connectivity index (χ2v) is 6.44. The van der Waals surface area contributed by atoms with Gasteiger partial charge in [-0.3, -0.25) is 15.1 Å². The number of non-ortho nitro benzene ring substituents is 1. The topological polar surface area (TPSA) is 68.9 Å². The Kier molecular flexibility index (Phi) is 3.38. The lowest BCUT2D eigenvalue weighted by atomic mass is 10.0. The Labute approximate surface area is 136 Å². The SMILES string of the molecule is O=[N+]([O-])c1cccc(-c2nc(-c3cnccc3C3CC3)cs2)c1. The minimum Gasteiger partial charge on any atom is -0.264 e. The van der Waals surface area contributed by atoms with Crippen LogP contribution >= 0.6 is 11.3 Å². The van der Waals surface area contributed by atoms with Gasteiger partial charge in [0.05, 0.1) is 10.6 Å². The van der Waals surface area contributed by atoms with Crippen molar-refractivity contribution in [3.63, 3.8) is 0 Å². The van der Waals surface area contributed by atoms with Crippen LogP contribution in [-0.4, -0.2) is 14.9 Å². The van der Waals surface area contributed by atoms with Crippen molar-refractivity contribution in [2.75, 3.05) is 0 Å². The Morgan fingerprint density at radius 3 is 2.91 bits per heavy atom. The molecular weight excluding hydrogens is 310 g/mol. The first kappa shape index (κ1) is 14.0. The average Bonchev–Trinajstić information content (AvgIpc) is 3.31. The van der Waals surface area contributed by atoms with Crippen molar-refractivity contribution in [2.45, 2.75) is 18.8 Å². The van der Waals surface area contributed by atoms with Gasteiger partial charge in [0.15, 0.2) is 0 Å². The van der Waals surface area contributed by atoms with Crippen LogP contribution in [0.25, 0.3) is 21.8 Å². The van der Waals surface area contributed by atoms with Crippen molar-refractivity contribution in [1.29, 1.82) is 0 Å². The van der Waals surface area contributed by atoms with Crippen molar-refractivity contribution in [3.05, 3.63) is 63.8 Å². The largest absolute Gasteiger partial charge is 0.270 e. The Morgan fingerprint density at radius 1 is 1.26 bits per heavy atom. The Hall–Kier alpha value is -2.60. The van der Waals surface area contributed by atoms with Gasteiger partial charge in [0, 0.05) is 41.0 Å². The number of thiazole rings is 1. The summed E-state index contributed by atoms with van der Waals surface area (Å²) in [7, 11) is 0. The van der Waals surface area contributed by atoms with Crippen molar-refractivity contribution in [3.8, 4) is 21.8 Å². The molecule has 0 spiro atoms. The standard InChI is InChI=1S/C17H13N3O2S/c21-20(22)13-3-1-2-12(8-13)17-19-16(10-23-17)15-9-18-7-6-14(15)11-4-5-11/h1-3,6-11H,4-5H2. The number of hydrogen-bond donors (Lipinski definition) is 0. The van der Waals surface area contributed by atoms with Crippen LogP contribution < -0.4 is 0 Å². The maximum absolute atomic E-state index is 10.9. The predicted octanol–water partition coefficient (Wildman–Crippen LogP) is 4.66. The van der Waals surface area contributed by atoms with Crippen LogP contribution in [0.4, 0.5) is 5.69 Å². The Balaban J connectivity index is 1.72. The number of hydrogen-bond acceptors (Lipinski definition) is 5. The van der Waals surface area contributed by atoms with E-state index in [-0.39, 0.29) is 10.6 Å². The highest BCUT2D eigenvalue weighted by atomic mass is 32.1. The van der Waals surface area contributed by atoms with Gasteiger partial charge in [0.1, 0.15) is 5.01 Å². The summed E-state index contributed by atoms with van der Waals surface area (Å²) in [5.41, 5.74) is 4.12. The molecule has 0 bridgehead atoms. The normalized spacial score (nSPS) is 13.9. The summed E-state index contributed by atoms with van der Waals surface area (Å²) in [6.07, 6.45) is 6.13. The third-order valence-electron chi connectivity index (χ3n) is 3.96. The minimum atomic E-state index is -0.385. The van der Waals surface area contributed by atoms with Crippen LogP contribution in [0.5, 0.6) is 0 Å². The van der Waals surface area contributed by atoms with Gasteiger partial charge in [-0.05, 0) is 30.4 Å². The summed E-state index contributed by atoms with van der Waals surface area (Å²) in [6.45, 7) is 0. The molecule has 0 aliphatic heterocycles. The van der Waals surface area contributed by atoms with E-state index in [1.807, 2.05) is 23.8 Å². The fourth-order valence-electron chi connectivity index (χ4n) is 2.65. The summed E-state index contributed by atoms with van der Waals surface area (Å²) in [5, 5.41) is 13.7. The number of pyridine rings is 1. The number of benzene rings is 1. The molecule has 2 heterocycles. The fraction of sp³-hybridized carbons (Fsp3) is 0.176. The lowest BCUT2D eigenvalue weighted by molar-refractivity contribution is -0.384. The van der Waals surface area contributed by atoms with Gasteiger partial charge in [-0.25, -0.2) is 4.98 Å². The lowest BCUT2D eigenvalue weighted by Crippen LogP contribution is -1.90. The van der Waals surface area contributed by atoms with Gasteiger partial charge >= 0.3 is 0 Å². The number of nitro benzene ring substituents is 1. The number of rotatable bonds is 4. The molecule has 114 valence electrons. The Bertz CT molecular complexity index is 887. The van der Waals surface area contributed by atoms with Crippen LogP contribution in [0.15, 0.2) is 48.1 Å². The molecule has 0 unspecified atom stereocenters. The summed E-state index contributed by atoms with van der Waals surface area (Å²) in [4.78, 5) is 19.4. The highest BCUT2D eigenvalue weighted by molar-refractivity contribution is 7.13. The number of nitrogens with zero attached hydrogens (tertiary/aromatic N) is 3. The van der Waals surface area contributed by atoms with Crippen LogP contribution in [0.1, 0.15) is 24.3 Å². The fourth-order valence-corrected chi connectivity index (χ4v) is 3.47. The maximum atomic E-state index is 10.9. The second-order valence-electron chi connectivity index (χ2n) is 5.58. The van der Waals surface area contributed by atoms with E-state index in [1.165, 1.54) is 35.8 Å². The van der Waals surface area contributed by atoms with E-state index in [0.29, 0.717) is 5.92 Å². The van der Waals surface area contributed by atoms with E-state index in [1.54, 1.807) is 12.1 Å². The van der Waals surface area contributed by atoms with Crippen LogP contribution in [0.2, 0.25) is 0 Å². The van der Waals surface area contributed by atoms with E-state index >= 15 is 0 Å². The summed E-state index contributed by atoms with van der Waals surface area (Å²) in [6, 6.07) is 8.66. The van der Waals surface area contributed by atoms with Crippen LogP contribution in [0.3, 0.4) is 0 Å². The first-order chi connectivity index (χ1) is 11.2. The third kappa shape index (κ3) is 2.73. The minimum absolute atomic E-state index is 0.0827. The molecule has 1 saturated carbocycles. The molecule has 1 aliphatic rings. The average molecular weight is 323 g/mol. The van der Waals surface area contributed by atoms with Gasteiger partial charge in [0.25, 0.3) is 5.69 Å². The van der Waals surface area contributed by atoms with Crippen LogP contribution in [-0.2, 0) is 0 Å². The van der Waals surface area contributed by atoms with Gasteiger partial charge < -0.3 is 0 Å². The second kappa shape index (κ2) is 5.55. The molecule has 1 aromatic carbocycles. The molecule has 0 amide bonds. The zero-order valence-corrected chi connectivity index (χ0v) is 13.0. The summed E-state index contributed by atoms with van der Waals surface area (Å²) < 4.78 is 0. The van der Waals surface area contributed by atoms with E-state index in [4.69, 9.17) is 0 Å². The molecule has 0 radical (unpaired) electrons. The lowest BCUT2D eigenvalue weighted by Gasteiger charge is -2.04. The van der Waals surface area contributed by atoms with Crippen molar-refractivity contribution >= 4 is 17.0 Å². The van der Waals surface area contributed by atoms with Crippen molar-refractivity contribution < 1.29 is 4.92 Å². The van der Waals surface area contributed by atoms with Gasteiger partial charge in [0.2, 0.25) is 0 Å². The van der Waals surface area contributed by atoms with E-state index in [2.05, 4.69) is 16.0 Å². The molecule has 0 N–H and O–H groups in total. The number of aromatic nitrogens is 2. The highest BCUT2D eigenvalue weighted by Gasteiger charge is 2.27. The quantitative estimate of drug-likeness (QED) is 0.517. The van der Waals surface area contributed by atoms with Crippen molar-refractivity contribution in [1.82, 2.24) is 9.97 Å². The predicted molar refractivity (Wildman–Crippen MR) is 89.4 cm³/mol. The molecule has 2 aromatic heterocycles. The molecule has 4 rings (SSSR count). The smallest absolute Gasteiger partial charge is 0.264 e. The first-order valence-electron chi connectivity index (χ1n) is 7.37. The summed E-state index contributed by atoms with van der Waals surface area (Å²) >= 11 is 1.50.